The van der Waals surface area contributed by atoms with Gasteiger partial charge in [0, 0.05) is 6.54 Å². The Bertz CT molecular complexity index is 549. The SMILES string of the molecule is C=CCc1ccc(OCC(=O)NC(C)(CN)C(C)C)c(OC)c1.Cl. The normalized spacial score (nSPS) is 12.8. The summed E-state index contributed by atoms with van der Waals surface area (Å²) in [6.45, 7) is 9.98. The molecule has 0 saturated carbocycles. The molecule has 0 radical (unpaired) electrons. The molecule has 3 N–H and O–H groups in total. The Morgan fingerprint density at radius 2 is 2.08 bits per heavy atom. The lowest BCUT2D eigenvalue weighted by molar-refractivity contribution is -0.125. The number of hydrogen-bond donors (Lipinski definition) is 2. The van der Waals surface area contributed by atoms with Crippen LogP contribution in [-0.2, 0) is 11.2 Å². The fourth-order valence-electron chi connectivity index (χ4n) is 2.05. The van der Waals surface area contributed by atoms with Gasteiger partial charge < -0.3 is 20.5 Å². The second-order valence-electron chi connectivity index (χ2n) is 6.09. The topological polar surface area (TPSA) is 73.6 Å². The first-order valence-corrected chi connectivity index (χ1v) is 7.78. The predicted molar refractivity (Wildman–Crippen MR) is 100 cm³/mol. The summed E-state index contributed by atoms with van der Waals surface area (Å²) in [5.41, 5.74) is 6.40. The lowest BCUT2D eigenvalue weighted by Gasteiger charge is -2.33. The van der Waals surface area contributed by atoms with Gasteiger partial charge in [-0.2, -0.15) is 0 Å². The molecule has 1 atom stereocenters. The number of methoxy groups -OCH3 is 1. The van der Waals surface area contributed by atoms with E-state index in [0.29, 0.717) is 18.0 Å². The number of carbonyl (C=O) groups excluding carboxylic acids is 1. The molecule has 0 aliphatic rings. The number of hydrogen-bond acceptors (Lipinski definition) is 4. The molecule has 0 bridgehead atoms. The van der Waals surface area contributed by atoms with Crippen molar-refractivity contribution in [3.05, 3.63) is 36.4 Å². The van der Waals surface area contributed by atoms with E-state index in [-0.39, 0.29) is 30.8 Å². The van der Waals surface area contributed by atoms with Gasteiger partial charge in [0.1, 0.15) is 0 Å². The van der Waals surface area contributed by atoms with Crippen molar-refractivity contribution in [1.29, 1.82) is 0 Å². The highest BCUT2D eigenvalue weighted by atomic mass is 35.5. The summed E-state index contributed by atoms with van der Waals surface area (Å²) >= 11 is 0. The van der Waals surface area contributed by atoms with Crippen molar-refractivity contribution in [2.75, 3.05) is 20.3 Å². The lowest BCUT2D eigenvalue weighted by Crippen LogP contribution is -2.56. The summed E-state index contributed by atoms with van der Waals surface area (Å²) in [4.78, 5) is 12.1. The van der Waals surface area contributed by atoms with E-state index in [2.05, 4.69) is 11.9 Å². The summed E-state index contributed by atoms with van der Waals surface area (Å²) in [5, 5.41) is 2.94. The largest absolute Gasteiger partial charge is 0.493 e. The number of allylic oxidation sites excluding steroid dienone is 1. The molecule has 0 heterocycles. The fraction of sp³-hybridized carbons (Fsp3) is 0.500. The van der Waals surface area contributed by atoms with Gasteiger partial charge in [-0.25, -0.2) is 0 Å². The van der Waals surface area contributed by atoms with Crippen molar-refractivity contribution >= 4 is 18.3 Å². The zero-order chi connectivity index (χ0) is 17.5. The first-order chi connectivity index (χ1) is 10.9. The molecule has 0 saturated heterocycles. The third-order valence-electron chi connectivity index (χ3n) is 4.09. The third kappa shape index (κ3) is 6.06. The first kappa shape index (κ1) is 22.3. The Labute approximate surface area is 151 Å². The van der Waals surface area contributed by atoms with Crippen LogP contribution in [0.25, 0.3) is 0 Å². The standard InChI is InChI=1S/C18H28N2O3.ClH/c1-6-7-14-8-9-15(16(10-14)22-5)23-11-17(21)20-18(4,12-19)13(2)3;/h6,8-10,13H,1,7,11-12,19H2,2-5H3,(H,20,21);1H. The first-order valence-electron chi connectivity index (χ1n) is 7.78. The summed E-state index contributed by atoms with van der Waals surface area (Å²) < 4.78 is 10.9. The van der Waals surface area contributed by atoms with E-state index in [1.54, 1.807) is 13.2 Å². The van der Waals surface area contributed by atoms with Crippen molar-refractivity contribution in [2.45, 2.75) is 32.7 Å². The molecule has 1 rings (SSSR count). The van der Waals surface area contributed by atoms with Gasteiger partial charge in [-0.3, -0.25) is 4.79 Å². The van der Waals surface area contributed by atoms with Crippen LogP contribution in [0.15, 0.2) is 30.9 Å². The minimum absolute atomic E-state index is 0. The minimum atomic E-state index is -0.446. The zero-order valence-corrected chi connectivity index (χ0v) is 15.7. The second-order valence-corrected chi connectivity index (χ2v) is 6.09. The summed E-state index contributed by atoms with van der Waals surface area (Å²) in [5.74, 6) is 1.16. The van der Waals surface area contributed by atoms with Crippen LogP contribution in [0.5, 0.6) is 11.5 Å². The van der Waals surface area contributed by atoms with E-state index in [9.17, 15) is 4.79 Å². The number of benzene rings is 1. The average Bonchev–Trinajstić information content (AvgIpc) is 2.53. The van der Waals surface area contributed by atoms with Crippen LogP contribution in [0, 0.1) is 5.92 Å². The van der Waals surface area contributed by atoms with Crippen LogP contribution < -0.4 is 20.5 Å². The van der Waals surface area contributed by atoms with E-state index in [1.165, 1.54) is 0 Å². The molecule has 1 aromatic rings. The fourth-order valence-corrected chi connectivity index (χ4v) is 2.05. The molecule has 1 unspecified atom stereocenters. The number of nitrogens with one attached hydrogen (secondary N) is 1. The number of carbonyl (C=O) groups is 1. The van der Waals surface area contributed by atoms with Gasteiger partial charge in [0.05, 0.1) is 12.6 Å². The molecule has 0 aliphatic carbocycles. The third-order valence-corrected chi connectivity index (χ3v) is 4.09. The average molecular weight is 357 g/mol. The molecule has 0 aliphatic heterocycles. The van der Waals surface area contributed by atoms with Gasteiger partial charge in [0.2, 0.25) is 0 Å². The quantitative estimate of drug-likeness (QED) is 0.667. The molecule has 136 valence electrons. The molecule has 6 heteroatoms. The Hall–Kier alpha value is -1.72. The minimum Gasteiger partial charge on any atom is -0.493 e. The van der Waals surface area contributed by atoms with Gasteiger partial charge in [0.15, 0.2) is 18.1 Å². The highest BCUT2D eigenvalue weighted by Gasteiger charge is 2.28. The van der Waals surface area contributed by atoms with Gasteiger partial charge >= 0.3 is 0 Å². The molecule has 24 heavy (non-hydrogen) atoms. The van der Waals surface area contributed by atoms with Crippen molar-refractivity contribution in [2.24, 2.45) is 11.7 Å². The van der Waals surface area contributed by atoms with Crippen molar-refractivity contribution in [1.82, 2.24) is 5.32 Å². The van der Waals surface area contributed by atoms with Crippen LogP contribution in [0.2, 0.25) is 0 Å². The monoisotopic (exact) mass is 356 g/mol. The maximum absolute atomic E-state index is 12.1. The number of amides is 1. The Morgan fingerprint density at radius 1 is 1.42 bits per heavy atom. The van der Waals surface area contributed by atoms with E-state index < -0.39 is 5.54 Å². The molecule has 1 aromatic carbocycles. The molecule has 5 nitrogen and oxygen atoms in total. The van der Waals surface area contributed by atoms with Crippen LogP contribution in [0.1, 0.15) is 26.3 Å². The molecular formula is C18H29ClN2O3. The van der Waals surface area contributed by atoms with Gasteiger partial charge in [0.25, 0.3) is 5.91 Å². The smallest absolute Gasteiger partial charge is 0.258 e. The van der Waals surface area contributed by atoms with Gasteiger partial charge in [-0.05, 0) is 37.0 Å². The highest BCUT2D eigenvalue weighted by Crippen LogP contribution is 2.28. The Morgan fingerprint density at radius 3 is 2.58 bits per heavy atom. The molecule has 1 amide bonds. The lowest BCUT2D eigenvalue weighted by atomic mass is 9.88. The second kappa shape index (κ2) is 10.2. The van der Waals surface area contributed by atoms with E-state index in [1.807, 2.05) is 39.0 Å². The summed E-state index contributed by atoms with van der Waals surface area (Å²) in [6, 6.07) is 5.61. The molecule has 0 fully saturated rings. The zero-order valence-electron chi connectivity index (χ0n) is 14.9. The molecule has 0 spiro atoms. The van der Waals surface area contributed by atoms with Crippen molar-refractivity contribution in [3.63, 3.8) is 0 Å². The maximum Gasteiger partial charge on any atom is 0.258 e. The summed E-state index contributed by atoms with van der Waals surface area (Å²) in [7, 11) is 1.57. The number of nitrogens with two attached hydrogens (primary N) is 1. The van der Waals surface area contributed by atoms with Crippen LogP contribution >= 0.6 is 12.4 Å². The Balaban J connectivity index is 0.00000529. The highest BCUT2D eigenvalue weighted by molar-refractivity contribution is 5.85. The maximum atomic E-state index is 12.1. The van der Waals surface area contributed by atoms with E-state index >= 15 is 0 Å². The van der Waals surface area contributed by atoms with Crippen LogP contribution in [0.3, 0.4) is 0 Å². The van der Waals surface area contributed by atoms with E-state index in [0.717, 1.165) is 12.0 Å². The molecular weight excluding hydrogens is 328 g/mol. The molecule has 0 aromatic heterocycles. The summed E-state index contributed by atoms with van der Waals surface area (Å²) in [6.07, 6.45) is 2.57. The number of rotatable bonds is 9. The predicted octanol–water partition coefficient (Wildman–Crippen LogP) is 2.71. The van der Waals surface area contributed by atoms with Crippen molar-refractivity contribution in [3.8, 4) is 11.5 Å². The van der Waals surface area contributed by atoms with Gasteiger partial charge in [-0.1, -0.05) is 26.0 Å². The van der Waals surface area contributed by atoms with Crippen LogP contribution in [0.4, 0.5) is 0 Å². The van der Waals surface area contributed by atoms with Crippen molar-refractivity contribution < 1.29 is 14.3 Å². The van der Waals surface area contributed by atoms with E-state index in [4.69, 9.17) is 15.2 Å². The van der Waals surface area contributed by atoms with Gasteiger partial charge in [-0.15, -0.1) is 19.0 Å². The number of halogens is 1. The Kier molecular flexibility index (Phi) is 9.48. The van der Waals surface area contributed by atoms with Crippen LogP contribution in [-0.4, -0.2) is 31.7 Å². The number of ether oxygens (including phenoxy) is 2.